The molecule has 0 aliphatic carbocycles. The molecule has 1 N–H and O–H groups in total. The Hall–Kier alpha value is -0.490. The zero-order valence-electron chi connectivity index (χ0n) is 9.99. The van der Waals surface area contributed by atoms with E-state index in [1.54, 1.807) is 12.1 Å². The summed E-state index contributed by atoms with van der Waals surface area (Å²) < 4.78 is 25.6. The molecule has 19 heavy (non-hydrogen) atoms. The molecule has 4 nitrogen and oxygen atoms in total. The van der Waals surface area contributed by atoms with Crippen LogP contribution in [0.1, 0.15) is 5.56 Å². The fourth-order valence-corrected chi connectivity index (χ4v) is 2.05. The van der Waals surface area contributed by atoms with Crippen molar-refractivity contribution in [1.82, 2.24) is 0 Å². The van der Waals surface area contributed by atoms with Crippen LogP contribution in [0.4, 0.5) is 0 Å². The lowest BCUT2D eigenvalue weighted by atomic mass is 10.2. The first-order chi connectivity index (χ1) is 8.60. The Balaban J connectivity index is 2.54. The first-order valence-corrected chi connectivity index (χ1v) is 8.21. The van der Waals surface area contributed by atoms with Crippen LogP contribution in [0.2, 0.25) is 0 Å². The van der Waals surface area contributed by atoms with Crippen LogP contribution in [0.25, 0.3) is 0 Å². The topological polar surface area (TPSA) is 67.2 Å². The van der Waals surface area contributed by atoms with Crippen molar-refractivity contribution in [2.45, 2.75) is 15.1 Å². The molecule has 0 heterocycles. The van der Waals surface area contributed by atoms with Crippen molar-refractivity contribution >= 4 is 50.5 Å². The molecule has 0 amide bonds. The summed E-state index contributed by atoms with van der Waals surface area (Å²) in [5, 5.41) is 7.32. The Bertz CT molecular complexity index is 550. The van der Waals surface area contributed by atoms with Gasteiger partial charge in [-0.3, -0.25) is 5.41 Å². The highest BCUT2D eigenvalue weighted by Crippen LogP contribution is 2.27. The molecule has 0 bridgehead atoms. The van der Waals surface area contributed by atoms with Gasteiger partial charge in [-0.05, 0) is 17.7 Å². The standard InChI is InChI=1S/C11H12Cl3NO3S/c1-19(16,17)9-4-2-8(3-5-9)6-7-18-10(15)11(12,13)14/h2-5,15H,6-7H2,1H3. The molecule has 1 aromatic carbocycles. The van der Waals surface area contributed by atoms with E-state index in [0.717, 1.165) is 11.8 Å². The minimum absolute atomic E-state index is 0.172. The number of nitrogens with one attached hydrogen (secondary N) is 1. The van der Waals surface area contributed by atoms with Crippen LogP contribution in [0.15, 0.2) is 29.2 Å². The van der Waals surface area contributed by atoms with E-state index >= 15 is 0 Å². The van der Waals surface area contributed by atoms with Gasteiger partial charge in [-0.1, -0.05) is 46.9 Å². The lowest BCUT2D eigenvalue weighted by molar-refractivity contribution is 0.300. The van der Waals surface area contributed by atoms with Crippen molar-refractivity contribution in [2.24, 2.45) is 0 Å². The Kier molecular flexibility index (Phi) is 5.50. The van der Waals surface area contributed by atoms with Gasteiger partial charge in [0.1, 0.15) is 0 Å². The Morgan fingerprint density at radius 3 is 2.21 bits per heavy atom. The van der Waals surface area contributed by atoms with Crippen LogP contribution in [-0.4, -0.2) is 31.0 Å². The summed E-state index contributed by atoms with van der Waals surface area (Å²) in [4.78, 5) is 0.256. The number of halogens is 3. The van der Waals surface area contributed by atoms with E-state index in [0.29, 0.717) is 6.42 Å². The van der Waals surface area contributed by atoms with Gasteiger partial charge in [-0.15, -0.1) is 0 Å². The molecule has 0 aliphatic heterocycles. The molecule has 8 heteroatoms. The van der Waals surface area contributed by atoms with Gasteiger partial charge >= 0.3 is 0 Å². The molecular weight excluding hydrogens is 333 g/mol. The van der Waals surface area contributed by atoms with Crippen LogP contribution in [0.5, 0.6) is 0 Å². The Morgan fingerprint density at radius 2 is 1.79 bits per heavy atom. The number of alkyl halides is 3. The van der Waals surface area contributed by atoms with E-state index in [1.165, 1.54) is 12.1 Å². The van der Waals surface area contributed by atoms with E-state index in [2.05, 4.69) is 0 Å². The molecule has 0 spiro atoms. The highest BCUT2D eigenvalue weighted by Gasteiger charge is 2.28. The van der Waals surface area contributed by atoms with Gasteiger partial charge < -0.3 is 4.74 Å². The molecule has 0 aliphatic rings. The van der Waals surface area contributed by atoms with Crippen LogP contribution in [-0.2, 0) is 21.0 Å². The van der Waals surface area contributed by atoms with E-state index in [4.69, 9.17) is 44.9 Å². The van der Waals surface area contributed by atoms with Crippen LogP contribution in [0.3, 0.4) is 0 Å². The van der Waals surface area contributed by atoms with Gasteiger partial charge in [0.15, 0.2) is 9.84 Å². The third-order valence-corrected chi connectivity index (χ3v) is 3.89. The summed E-state index contributed by atoms with van der Waals surface area (Å²) in [6.45, 7) is 0.172. The number of rotatable bonds is 4. The first-order valence-electron chi connectivity index (χ1n) is 5.18. The maximum atomic E-state index is 11.3. The second-order valence-corrected chi connectivity index (χ2v) is 8.14. The fourth-order valence-electron chi connectivity index (χ4n) is 1.26. The van der Waals surface area contributed by atoms with E-state index in [9.17, 15) is 8.42 Å². The van der Waals surface area contributed by atoms with Crippen LogP contribution in [0, 0.1) is 5.41 Å². The number of hydrogen-bond acceptors (Lipinski definition) is 4. The molecule has 0 saturated heterocycles. The highest BCUT2D eigenvalue weighted by molar-refractivity contribution is 7.90. The van der Waals surface area contributed by atoms with E-state index < -0.39 is 19.5 Å². The normalized spacial score (nSPS) is 12.2. The van der Waals surface area contributed by atoms with Gasteiger partial charge in [0.2, 0.25) is 5.90 Å². The van der Waals surface area contributed by atoms with Gasteiger partial charge in [0, 0.05) is 12.7 Å². The maximum absolute atomic E-state index is 11.3. The van der Waals surface area contributed by atoms with Crippen molar-refractivity contribution in [3.05, 3.63) is 29.8 Å². The summed E-state index contributed by atoms with van der Waals surface area (Å²) in [5.41, 5.74) is 0.865. The van der Waals surface area contributed by atoms with Gasteiger partial charge in [0.05, 0.1) is 11.5 Å². The van der Waals surface area contributed by atoms with Crippen LogP contribution >= 0.6 is 34.8 Å². The number of hydrogen-bond donors (Lipinski definition) is 1. The summed E-state index contributed by atoms with van der Waals surface area (Å²) >= 11 is 16.4. The Morgan fingerprint density at radius 1 is 1.26 bits per heavy atom. The largest absolute Gasteiger partial charge is 0.478 e. The molecule has 0 aromatic heterocycles. The smallest absolute Gasteiger partial charge is 0.265 e. The van der Waals surface area contributed by atoms with Crippen LogP contribution < -0.4 is 0 Å². The first kappa shape index (κ1) is 16.6. The summed E-state index contributed by atoms with van der Waals surface area (Å²) in [6.07, 6.45) is 1.63. The van der Waals surface area contributed by atoms with Crippen molar-refractivity contribution in [1.29, 1.82) is 5.41 Å². The van der Waals surface area contributed by atoms with Gasteiger partial charge in [0.25, 0.3) is 3.79 Å². The number of benzene rings is 1. The quantitative estimate of drug-likeness (QED) is 0.519. The summed E-state index contributed by atoms with van der Waals surface area (Å²) in [5.74, 6) is -0.440. The van der Waals surface area contributed by atoms with Gasteiger partial charge in [-0.25, -0.2) is 8.42 Å². The third kappa shape index (κ3) is 5.57. The molecule has 106 valence electrons. The van der Waals surface area contributed by atoms with Gasteiger partial charge in [-0.2, -0.15) is 0 Å². The monoisotopic (exact) mass is 343 g/mol. The molecule has 1 aromatic rings. The van der Waals surface area contributed by atoms with Crippen molar-refractivity contribution in [3.63, 3.8) is 0 Å². The molecule has 0 fully saturated rings. The fraction of sp³-hybridized carbons (Fsp3) is 0.364. The van der Waals surface area contributed by atoms with Crippen molar-refractivity contribution < 1.29 is 13.2 Å². The average molecular weight is 345 g/mol. The average Bonchev–Trinajstić information content (AvgIpc) is 2.27. The lowest BCUT2D eigenvalue weighted by Crippen LogP contribution is -2.22. The molecule has 0 atom stereocenters. The van der Waals surface area contributed by atoms with E-state index in [1.807, 2.05) is 0 Å². The third-order valence-electron chi connectivity index (χ3n) is 2.25. The molecular formula is C11H12Cl3NO3S. The highest BCUT2D eigenvalue weighted by atomic mass is 35.6. The summed E-state index contributed by atoms with van der Waals surface area (Å²) in [7, 11) is -3.19. The predicted molar refractivity (Wildman–Crippen MR) is 77.2 cm³/mol. The predicted octanol–water partition coefficient (Wildman–Crippen LogP) is 3.00. The number of sulfone groups is 1. The summed E-state index contributed by atoms with van der Waals surface area (Å²) in [6, 6.07) is 6.40. The second-order valence-electron chi connectivity index (χ2n) is 3.84. The second kappa shape index (κ2) is 6.31. The zero-order chi connectivity index (χ0) is 14.7. The lowest BCUT2D eigenvalue weighted by Gasteiger charge is -2.13. The SMILES string of the molecule is CS(=O)(=O)c1ccc(CCOC(=N)C(Cl)(Cl)Cl)cc1. The Labute approximate surface area is 127 Å². The van der Waals surface area contributed by atoms with Crippen molar-refractivity contribution in [2.75, 3.05) is 12.9 Å². The molecule has 0 radical (unpaired) electrons. The number of ether oxygens (including phenoxy) is 1. The minimum atomic E-state index is -3.19. The molecule has 0 saturated carbocycles. The minimum Gasteiger partial charge on any atom is -0.478 e. The molecule has 0 unspecified atom stereocenters. The van der Waals surface area contributed by atoms with E-state index in [-0.39, 0.29) is 11.5 Å². The maximum Gasteiger partial charge on any atom is 0.265 e. The van der Waals surface area contributed by atoms with Crippen molar-refractivity contribution in [3.8, 4) is 0 Å². The zero-order valence-corrected chi connectivity index (χ0v) is 13.1. The molecule has 1 rings (SSSR count).